The lowest BCUT2D eigenvalue weighted by Crippen LogP contribution is -2.14. The van der Waals surface area contributed by atoms with Gasteiger partial charge in [0.2, 0.25) is 5.88 Å². The van der Waals surface area contributed by atoms with Gasteiger partial charge in [-0.25, -0.2) is 15.0 Å². The molecule has 5 rings (SSSR count). The highest BCUT2D eigenvalue weighted by Gasteiger charge is 2.11. The molecular weight excluding hydrogens is 410 g/mol. The second-order valence-electron chi connectivity index (χ2n) is 6.77. The number of hydrogen-bond acceptors (Lipinski definition) is 6. The van der Waals surface area contributed by atoms with E-state index in [0.29, 0.717) is 18.2 Å². The first-order valence-electron chi connectivity index (χ1n) is 9.57. The molecule has 0 fully saturated rings. The molecule has 152 valence electrons. The number of aromatic nitrogens is 4. The highest BCUT2D eigenvalue weighted by Crippen LogP contribution is 2.23. The minimum absolute atomic E-state index is 0.233. The molecule has 5 aromatic rings. The van der Waals surface area contributed by atoms with Gasteiger partial charge in [0.25, 0.3) is 5.91 Å². The number of benzene rings is 2. The smallest absolute Gasteiger partial charge is 0.274 e. The minimum atomic E-state index is -0.331. The Morgan fingerprint density at radius 2 is 1.90 bits per heavy atom. The Morgan fingerprint density at radius 1 is 1.06 bits per heavy atom. The number of carbonyl (C=O) groups is 1. The molecule has 0 aliphatic carbocycles. The summed E-state index contributed by atoms with van der Waals surface area (Å²) in [7, 11) is 0. The molecule has 1 N–H and O–H groups in total. The molecule has 0 atom stereocenters. The number of anilines is 1. The molecule has 31 heavy (non-hydrogen) atoms. The maximum atomic E-state index is 12.6. The number of nitrogens with one attached hydrogen (secondary N) is 1. The quantitative estimate of drug-likeness (QED) is 0.425. The summed E-state index contributed by atoms with van der Waals surface area (Å²) in [5.41, 5.74) is 3.79. The Kier molecular flexibility index (Phi) is 5.12. The summed E-state index contributed by atoms with van der Waals surface area (Å²) >= 11 is 1.59. The van der Waals surface area contributed by atoms with E-state index in [1.165, 1.54) is 12.4 Å². The highest BCUT2D eigenvalue weighted by atomic mass is 32.1. The van der Waals surface area contributed by atoms with Gasteiger partial charge in [-0.2, -0.15) is 0 Å². The van der Waals surface area contributed by atoms with Crippen LogP contribution in [0.2, 0.25) is 0 Å². The molecule has 2 aromatic carbocycles. The zero-order valence-corrected chi connectivity index (χ0v) is 17.1. The average molecular weight is 427 g/mol. The SMILES string of the molecule is O=C(Nc1ccc(-c2cn3ccsc3n2)cc1)c1cc(OCc2ccccc2)ncn1. The third-order valence-corrected chi connectivity index (χ3v) is 5.41. The Hall–Kier alpha value is -4.04. The fourth-order valence-corrected chi connectivity index (χ4v) is 3.76. The molecule has 0 unspecified atom stereocenters. The van der Waals surface area contributed by atoms with Crippen molar-refractivity contribution in [2.45, 2.75) is 6.61 Å². The van der Waals surface area contributed by atoms with E-state index in [2.05, 4.69) is 20.3 Å². The summed E-state index contributed by atoms with van der Waals surface area (Å²) in [6.07, 6.45) is 5.28. The zero-order valence-electron chi connectivity index (χ0n) is 16.3. The highest BCUT2D eigenvalue weighted by molar-refractivity contribution is 7.15. The summed E-state index contributed by atoms with van der Waals surface area (Å²) in [5, 5.41) is 4.85. The van der Waals surface area contributed by atoms with Crippen LogP contribution in [-0.2, 0) is 6.61 Å². The molecule has 3 heterocycles. The van der Waals surface area contributed by atoms with Crippen molar-refractivity contribution in [3.63, 3.8) is 0 Å². The van der Waals surface area contributed by atoms with E-state index < -0.39 is 0 Å². The van der Waals surface area contributed by atoms with Gasteiger partial charge in [-0.1, -0.05) is 42.5 Å². The topological polar surface area (TPSA) is 81.4 Å². The molecular formula is C23H17N5O2S. The van der Waals surface area contributed by atoms with Gasteiger partial charge in [0.1, 0.15) is 18.6 Å². The van der Waals surface area contributed by atoms with Gasteiger partial charge in [0, 0.05) is 35.1 Å². The maximum Gasteiger partial charge on any atom is 0.274 e. The third kappa shape index (κ3) is 4.29. The standard InChI is InChI=1S/C23H17N5O2S/c29-22(19-12-21(25-15-24-19)30-14-16-4-2-1-3-5-16)26-18-8-6-17(7-9-18)20-13-28-10-11-31-23(28)27-20/h1-13,15H,14H2,(H,26,29). The molecule has 0 aliphatic heterocycles. The molecule has 0 radical (unpaired) electrons. The molecule has 7 nitrogen and oxygen atoms in total. The molecule has 0 bridgehead atoms. The van der Waals surface area contributed by atoms with Crippen molar-refractivity contribution in [1.29, 1.82) is 0 Å². The van der Waals surface area contributed by atoms with Crippen LogP contribution in [0, 0.1) is 0 Å². The minimum Gasteiger partial charge on any atom is -0.473 e. The van der Waals surface area contributed by atoms with Crippen molar-refractivity contribution < 1.29 is 9.53 Å². The first-order valence-corrected chi connectivity index (χ1v) is 10.5. The van der Waals surface area contributed by atoms with Crippen LogP contribution in [0.25, 0.3) is 16.2 Å². The van der Waals surface area contributed by atoms with Gasteiger partial charge in [-0.3, -0.25) is 9.20 Å². The lowest BCUT2D eigenvalue weighted by molar-refractivity contribution is 0.102. The molecule has 0 spiro atoms. The van der Waals surface area contributed by atoms with Gasteiger partial charge in [-0.15, -0.1) is 11.3 Å². The lowest BCUT2D eigenvalue weighted by Gasteiger charge is -2.08. The van der Waals surface area contributed by atoms with E-state index >= 15 is 0 Å². The van der Waals surface area contributed by atoms with Crippen LogP contribution < -0.4 is 10.1 Å². The number of carbonyl (C=O) groups excluding carboxylic acids is 1. The number of ether oxygens (including phenoxy) is 1. The Labute approximate surface area is 182 Å². The summed E-state index contributed by atoms with van der Waals surface area (Å²) in [5.74, 6) is 0.0151. The molecule has 0 saturated carbocycles. The number of rotatable bonds is 6. The molecule has 8 heteroatoms. The maximum absolute atomic E-state index is 12.6. The fourth-order valence-electron chi connectivity index (χ4n) is 3.06. The predicted octanol–water partition coefficient (Wildman–Crippen LogP) is 4.68. The monoisotopic (exact) mass is 427 g/mol. The normalized spacial score (nSPS) is 10.8. The van der Waals surface area contributed by atoms with E-state index in [-0.39, 0.29) is 11.6 Å². The first kappa shape index (κ1) is 19.0. The van der Waals surface area contributed by atoms with E-state index in [4.69, 9.17) is 4.74 Å². The van der Waals surface area contributed by atoms with Gasteiger partial charge in [0.15, 0.2) is 4.96 Å². The second-order valence-corrected chi connectivity index (χ2v) is 7.64. The number of hydrogen-bond donors (Lipinski definition) is 1. The van der Waals surface area contributed by atoms with Crippen LogP contribution >= 0.6 is 11.3 Å². The summed E-state index contributed by atoms with van der Waals surface area (Å²) in [6.45, 7) is 0.367. The number of nitrogens with zero attached hydrogens (tertiary/aromatic N) is 4. The number of fused-ring (bicyclic) bond motifs is 1. The van der Waals surface area contributed by atoms with Gasteiger partial charge in [-0.05, 0) is 17.7 Å². The van der Waals surface area contributed by atoms with Crippen molar-refractivity contribution >= 4 is 27.9 Å². The van der Waals surface area contributed by atoms with Crippen molar-refractivity contribution in [3.05, 3.63) is 96.0 Å². The van der Waals surface area contributed by atoms with E-state index in [0.717, 1.165) is 21.8 Å². The lowest BCUT2D eigenvalue weighted by atomic mass is 10.1. The predicted molar refractivity (Wildman–Crippen MR) is 119 cm³/mol. The Bertz CT molecular complexity index is 1300. The van der Waals surface area contributed by atoms with Crippen LogP contribution in [0.15, 0.2) is 84.8 Å². The second kappa shape index (κ2) is 8.37. The summed E-state index contributed by atoms with van der Waals surface area (Å²) < 4.78 is 7.67. The third-order valence-electron chi connectivity index (χ3n) is 4.64. The van der Waals surface area contributed by atoms with Crippen molar-refractivity contribution in [1.82, 2.24) is 19.4 Å². The van der Waals surface area contributed by atoms with Crippen LogP contribution in [-0.4, -0.2) is 25.3 Å². The van der Waals surface area contributed by atoms with Crippen LogP contribution in [0.5, 0.6) is 5.88 Å². The summed E-state index contributed by atoms with van der Waals surface area (Å²) in [6, 6.07) is 18.8. The number of thiazole rings is 1. The Morgan fingerprint density at radius 3 is 2.71 bits per heavy atom. The van der Waals surface area contributed by atoms with Crippen LogP contribution in [0.4, 0.5) is 5.69 Å². The number of imidazole rings is 1. The molecule has 0 aliphatic rings. The van der Waals surface area contributed by atoms with Gasteiger partial charge < -0.3 is 10.1 Å². The molecule has 1 amide bonds. The van der Waals surface area contributed by atoms with Crippen molar-refractivity contribution in [2.24, 2.45) is 0 Å². The van der Waals surface area contributed by atoms with E-state index in [1.54, 1.807) is 11.3 Å². The molecule has 3 aromatic heterocycles. The molecule has 0 saturated heterocycles. The van der Waals surface area contributed by atoms with Gasteiger partial charge >= 0.3 is 0 Å². The van der Waals surface area contributed by atoms with Crippen molar-refractivity contribution in [2.75, 3.05) is 5.32 Å². The zero-order chi connectivity index (χ0) is 21.0. The van der Waals surface area contributed by atoms with Gasteiger partial charge in [0.05, 0.1) is 5.69 Å². The fraction of sp³-hybridized carbons (Fsp3) is 0.0435. The van der Waals surface area contributed by atoms with Crippen molar-refractivity contribution in [3.8, 4) is 17.1 Å². The summed E-state index contributed by atoms with van der Waals surface area (Å²) in [4.78, 5) is 26.3. The Balaban J connectivity index is 1.25. The largest absolute Gasteiger partial charge is 0.473 e. The van der Waals surface area contributed by atoms with Crippen LogP contribution in [0.1, 0.15) is 16.1 Å². The van der Waals surface area contributed by atoms with E-state index in [9.17, 15) is 4.79 Å². The first-order chi connectivity index (χ1) is 15.2. The average Bonchev–Trinajstić information content (AvgIpc) is 3.42. The number of amides is 1. The van der Waals surface area contributed by atoms with E-state index in [1.807, 2.05) is 76.8 Å². The van der Waals surface area contributed by atoms with Crippen LogP contribution in [0.3, 0.4) is 0 Å².